The fourth-order valence-electron chi connectivity index (χ4n) is 2.04. The van der Waals surface area contributed by atoms with E-state index in [0.29, 0.717) is 6.04 Å². The van der Waals surface area contributed by atoms with E-state index in [1.54, 1.807) is 0 Å². The Morgan fingerprint density at radius 2 is 2.08 bits per heavy atom. The van der Waals surface area contributed by atoms with E-state index in [0.717, 1.165) is 12.3 Å². The van der Waals surface area contributed by atoms with Crippen molar-refractivity contribution in [1.82, 2.24) is 0 Å². The summed E-state index contributed by atoms with van der Waals surface area (Å²) < 4.78 is 0. The molecule has 0 fully saturated rings. The van der Waals surface area contributed by atoms with Crippen molar-refractivity contribution >= 4 is 0 Å². The Hall–Kier alpha value is -0.300. The molecule has 0 saturated heterocycles. The number of allylic oxidation sites excluding steroid dienone is 1. The molecule has 0 radical (unpaired) electrons. The highest BCUT2D eigenvalue weighted by Gasteiger charge is 2.12. The average Bonchev–Trinajstić information content (AvgIpc) is 2.29. The van der Waals surface area contributed by atoms with Gasteiger partial charge in [0.15, 0.2) is 0 Å². The molecule has 0 heterocycles. The van der Waals surface area contributed by atoms with Crippen LogP contribution < -0.4 is 5.73 Å². The normalized spacial score (nSPS) is 21.1. The van der Waals surface area contributed by atoms with Crippen LogP contribution >= 0.6 is 0 Å². The van der Waals surface area contributed by atoms with E-state index in [-0.39, 0.29) is 0 Å². The highest BCUT2D eigenvalue weighted by Crippen LogP contribution is 2.21. The van der Waals surface area contributed by atoms with Crippen LogP contribution in [-0.2, 0) is 0 Å². The Morgan fingerprint density at radius 3 is 2.77 bits per heavy atom. The van der Waals surface area contributed by atoms with Crippen LogP contribution in [0.3, 0.4) is 0 Å². The van der Waals surface area contributed by atoms with Gasteiger partial charge in [-0.1, -0.05) is 31.9 Å². The van der Waals surface area contributed by atoms with Gasteiger partial charge in [0.25, 0.3) is 0 Å². The lowest BCUT2D eigenvalue weighted by Gasteiger charge is -2.17. The number of nitrogens with two attached hydrogens (primary N) is 1. The first-order valence-corrected chi connectivity index (χ1v) is 5.64. The van der Waals surface area contributed by atoms with Gasteiger partial charge in [-0.3, -0.25) is 0 Å². The Balaban J connectivity index is 2.43. The topological polar surface area (TPSA) is 26.0 Å². The molecule has 1 unspecified atom stereocenters. The molecule has 2 N–H and O–H groups in total. The van der Waals surface area contributed by atoms with Gasteiger partial charge < -0.3 is 5.73 Å². The lowest BCUT2D eigenvalue weighted by Crippen LogP contribution is -2.24. The first-order valence-electron chi connectivity index (χ1n) is 5.64. The van der Waals surface area contributed by atoms with Crippen LogP contribution in [-0.4, -0.2) is 6.04 Å². The van der Waals surface area contributed by atoms with Gasteiger partial charge in [-0.25, -0.2) is 0 Å². The van der Waals surface area contributed by atoms with Gasteiger partial charge in [-0.15, -0.1) is 0 Å². The number of hydrogen-bond acceptors (Lipinski definition) is 1. The molecule has 1 heteroatoms. The van der Waals surface area contributed by atoms with E-state index < -0.39 is 0 Å². The fraction of sp³-hybridized carbons (Fsp3) is 0.833. The van der Waals surface area contributed by atoms with E-state index in [1.807, 2.05) is 0 Å². The van der Waals surface area contributed by atoms with Gasteiger partial charge in [-0.2, -0.15) is 0 Å². The molecule has 0 amide bonds. The molecule has 1 rings (SSSR count). The summed E-state index contributed by atoms with van der Waals surface area (Å²) in [6, 6.07) is 0.332. The highest BCUT2D eigenvalue weighted by atomic mass is 14.6. The molecule has 1 aliphatic rings. The quantitative estimate of drug-likeness (QED) is 0.664. The molecule has 0 spiro atoms. The maximum absolute atomic E-state index is 6.15. The van der Waals surface area contributed by atoms with Crippen molar-refractivity contribution in [1.29, 1.82) is 0 Å². The SMILES string of the molecule is CC(C)CC(N)C1=CCCCCC1. The summed E-state index contributed by atoms with van der Waals surface area (Å²) in [4.78, 5) is 0. The molecule has 0 aromatic carbocycles. The van der Waals surface area contributed by atoms with Crippen LogP contribution in [0.1, 0.15) is 52.4 Å². The molecular weight excluding hydrogens is 158 g/mol. The van der Waals surface area contributed by atoms with Gasteiger partial charge >= 0.3 is 0 Å². The van der Waals surface area contributed by atoms with Crippen molar-refractivity contribution in [3.05, 3.63) is 11.6 Å². The maximum Gasteiger partial charge on any atom is 0.0256 e. The van der Waals surface area contributed by atoms with E-state index in [2.05, 4.69) is 19.9 Å². The lowest BCUT2D eigenvalue weighted by molar-refractivity contribution is 0.521. The van der Waals surface area contributed by atoms with Crippen molar-refractivity contribution in [2.24, 2.45) is 11.7 Å². The van der Waals surface area contributed by atoms with Gasteiger partial charge in [0.05, 0.1) is 0 Å². The summed E-state index contributed by atoms with van der Waals surface area (Å²) in [6.07, 6.45) is 10.1. The van der Waals surface area contributed by atoms with Crippen LogP contribution in [0.2, 0.25) is 0 Å². The van der Waals surface area contributed by atoms with Crippen molar-refractivity contribution in [2.45, 2.75) is 58.4 Å². The predicted molar refractivity (Wildman–Crippen MR) is 58.6 cm³/mol. The zero-order valence-electron chi connectivity index (χ0n) is 9.05. The molecule has 0 aromatic rings. The van der Waals surface area contributed by atoms with Gasteiger partial charge in [0.2, 0.25) is 0 Å². The standard InChI is InChI=1S/C12H23N/c1-10(2)9-12(13)11-7-5-3-4-6-8-11/h7,10,12H,3-6,8-9,13H2,1-2H3. The average molecular weight is 181 g/mol. The summed E-state index contributed by atoms with van der Waals surface area (Å²) in [7, 11) is 0. The second-order valence-corrected chi connectivity index (χ2v) is 4.61. The third-order valence-electron chi connectivity index (χ3n) is 2.78. The molecule has 0 bridgehead atoms. The first kappa shape index (κ1) is 10.8. The Morgan fingerprint density at radius 1 is 1.31 bits per heavy atom. The Kier molecular flexibility index (Phi) is 4.51. The summed E-state index contributed by atoms with van der Waals surface area (Å²) >= 11 is 0. The number of rotatable bonds is 3. The van der Waals surface area contributed by atoms with Crippen LogP contribution in [0.15, 0.2) is 11.6 Å². The zero-order chi connectivity index (χ0) is 9.68. The predicted octanol–water partition coefficient (Wildman–Crippen LogP) is 3.25. The van der Waals surface area contributed by atoms with Crippen LogP contribution in [0, 0.1) is 5.92 Å². The Labute approximate surface area is 82.4 Å². The highest BCUT2D eigenvalue weighted by molar-refractivity contribution is 5.11. The zero-order valence-corrected chi connectivity index (χ0v) is 9.05. The van der Waals surface area contributed by atoms with Crippen molar-refractivity contribution in [2.75, 3.05) is 0 Å². The van der Waals surface area contributed by atoms with Gasteiger partial charge in [0, 0.05) is 6.04 Å². The lowest BCUT2D eigenvalue weighted by atomic mass is 9.95. The van der Waals surface area contributed by atoms with Crippen molar-refractivity contribution in [3.8, 4) is 0 Å². The Bertz CT molecular complexity index is 170. The van der Waals surface area contributed by atoms with E-state index in [4.69, 9.17) is 5.73 Å². The molecule has 0 aliphatic heterocycles. The largest absolute Gasteiger partial charge is 0.324 e. The third kappa shape index (κ3) is 3.95. The third-order valence-corrected chi connectivity index (χ3v) is 2.78. The maximum atomic E-state index is 6.15. The molecule has 1 atom stereocenters. The molecule has 13 heavy (non-hydrogen) atoms. The van der Waals surface area contributed by atoms with Gasteiger partial charge in [0.1, 0.15) is 0 Å². The van der Waals surface area contributed by atoms with E-state index >= 15 is 0 Å². The van der Waals surface area contributed by atoms with Gasteiger partial charge in [-0.05, 0) is 38.0 Å². The van der Waals surface area contributed by atoms with Crippen LogP contribution in [0.25, 0.3) is 0 Å². The van der Waals surface area contributed by atoms with E-state index in [9.17, 15) is 0 Å². The molecule has 76 valence electrons. The summed E-state index contributed by atoms with van der Waals surface area (Å²) in [5.41, 5.74) is 7.67. The first-order chi connectivity index (χ1) is 6.20. The number of hydrogen-bond donors (Lipinski definition) is 1. The molecule has 1 aliphatic carbocycles. The molecule has 1 nitrogen and oxygen atoms in total. The second kappa shape index (κ2) is 5.43. The van der Waals surface area contributed by atoms with Crippen LogP contribution in [0.5, 0.6) is 0 Å². The van der Waals surface area contributed by atoms with Crippen molar-refractivity contribution < 1.29 is 0 Å². The molecule has 0 aromatic heterocycles. The summed E-state index contributed by atoms with van der Waals surface area (Å²) in [6.45, 7) is 4.49. The minimum atomic E-state index is 0.332. The summed E-state index contributed by atoms with van der Waals surface area (Å²) in [5.74, 6) is 0.721. The molecular formula is C12H23N. The fourth-order valence-corrected chi connectivity index (χ4v) is 2.04. The summed E-state index contributed by atoms with van der Waals surface area (Å²) in [5, 5.41) is 0. The minimum absolute atomic E-state index is 0.332. The molecule has 0 saturated carbocycles. The van der Waals surface area contributed by atoms with E-state index in [1.165, 1.54) is 37.7 Å². The van der Waals surface area contributed by atoms with Crippen molar-refractivity contribution in [3.63, 3.8) is 0 Å². The monoisotopic (exact) mass is 181 g/mol. The van der Waals surface area contributed by atoms with Crippen LogP contribution in [0.4, 0.5) is 0 Å². The smallest absolute Gasteiger partial charge is 0.0256 e. The minimum Gasteiger partial charge on any atom is -0.324 e. The second-order valence-electron chi connectivity index (χ2n) is 4.61.